The molecule has 3 aliphatic heterocycles. The van der Waals surface area contributed by atoms with Gasteiger partial charge < -0.3 is 25.2 Å². The molecule has 3 atom stereocenters. The number of nitrogens with zero attached hydrogens (tertiary/aromatic N) is 6. The van der Waals surface area contributed by atoms with Crippen molar-refractivity contribution in [3.63, 3.8) is 0 Å². The van der Waals surface area contributed by atoms with Gasteiger partial charge in [-0.05, 0) is 65.0 Å². The Morgan fingerprint density at radius 1 is 1.31 bits per heavy atom. The number of nitrogens with two attached hydrogens (primary N) is 1. The predicted octanol–water partition coefficient (Wildman–Crippen LogP) is 4.11. The second-order valence-corrected chi connectivity index (χ2v) is 12.5. The monoisotopic (exact) mass is 571 g/mol. The van der Waals surface area contributed by atoms with Gasteiger partial charge in [0, 0.05) is 49.1 Å². The molecule has 11 heteroatoms. The molecule has 1 spiro atoms. The van der Waals surface area contributed by atoms with Crippen molar-refractivity contribution in [2.45, 2.75) is 60.7 Å². The molecule has 2 aromatic rings. The number of benzene rings is 1. The molecule has 9 nitrogen and oxygen atoms in total. The first-order chi connectivity index (χ1) is 18.7. The molecule has 39 heavy (non-hydrogen) atoms. The summed E-state index contributed by atoms with van der Waals surface area (Å²) in [5.41, 5.74) is 7.38. The summed E-state index contributed by atoms with van der Waals surface area (Å²) in [5, 5.41) is 1.06. The zero-order valence-corrected chi connectivity index (χ0v) is 24.5. The molecule has 0 bridgehead atoms. The van der Waals surface area contributed by atoms with Gasteiger partial charge in [0.1, 0.15) is 10.8 Å². The Labute approximate surface area is 240 Å². The van der Waals surface area contributed by atoms with Gasteiger partial charge in [0.05, 0.1) is 41.4 Å². The number of carbonyl (C=O) groups is 1. The maximum absolute atomic E-state index is 13.5. The lowest BCUT2D eigenvalue weighted by atomic mass is 9.73. The van der Waals surface area contributed by atoms with Gasteiger partial charge in [-0.1, -0.05) is 23.4 Å². The summed E-state index contributed by atoms with van der Waals surface area (Å²) in [4.78, 5) is 33.9. The minimum Gasteiger partial charge on any atom is -0.376 e. The molecular weight excluding hydrogens is 534 g/mol. The lowest BCUT2D eigenvalue weighted by Crippen LogP contribution is -2.50. The molecule has 1 unspecified atom stereocenters. The van der Waals surface area contributed by atoms with E-state index in [0.29, 0.717) is 33.9 Å². The van der Waals surface area contributed by atoms with Crippen LogP contribution in [0.3, 0.4) is 0 Å². The van der Waals surface area contributed by atoms with E-state index in [-0.39, 0.29) is 23.5 Å². The van der Waals surface area contributed by atoms with Crippen LogP contribution in [0.4, 0.5) is 11.5 Å². The third-order valence-corrected chi connectivity index (χ3v) is 10.2. The Balaban J connectivity index is 1.26. The van der Waals surface area contributed by atoms with Crippen LogP contribution in [0.2, 0.25) is 5.02 Å². The molecule has 0 aliphatic carbocycles. The molecule has 3 fully saturated rings. The van der Waals surface area contributed by atoms with Gasteiger partial charge in [0.25, 0.3) is 5.91 Å². The van der Waals surface area contributed by atoms with Gasteiger partial charge in [-0.15, -0.1) is 0 Å². The second-order valence-electron chi connectivity index (χ2n) is 11.1. The van der Waals surface area contributed by atoms with Gasteiger partial charge in [-0.2, -0.15) is 0 Å². The fourth-order valence-corrected chi connectivity index (χ4v) is 7.17. The first kappa shape index (κ1) is 28.3. The fourth-order valence-electron chi connectivity index (χ4n) is 6.05. The highest BCUT2D eigenvalue weighted by molar-refractivity contribution is 7.99. The number of piperidine rings is 1. The van der Waals surface area contributed by atoms with Crippen LogP contribution in [0.1, 0.15) is 43.0 Å². The molecule has 0 saturated carbocycles. The van der Waals surface area contributed by atoms with E-state index < -0.39 is 0 Å². The molecule has 5 rings (SSSR count). The molecule has 2 N–H and O–H groups in total. The molecule has 0 radical (unpaired) electrons. The van der Waals surface area contributed by atoms with Crippen LogP contribution in [-0.4, -0.2) is 97.5 Å². The number of ether oxygens (including phenoxy) is 1. The summed E-state index contributed by atoms with van der Waals surface area (Å²) in [5.74, 6) is 0.692. The van der Waals surface area contributed by atoms with E-state index >= 15 is 0 Å². The van der Waals surface area contributed by atoms with Gasteiger partial charge in [0.15, 0.2) is 0 Å². The Morgan fingerprint density at radius 2 is 2.08 bits per heavy atom. The average Bonchev–Trinajstić information content (AvgIpc) is 3.47. The van der Waals surface area contributed by atoms with Crippen LogP contribution >= 0.6 is 23.4 Å². The Hall–Kier alpha value is -2.24. The zero-order chi connectivity index (χ0) is 27.7. The van der Waals surface area contributed by atoms with Crippen molar-refractivity contribution in [2.24, 2.45) is 16.1 Å². The van der Waals surface area contributed by atoms with Crippen molar-refractivity contribution in [3.8, 4) is 0 Å². The third kappa shape index (κ3) is 5.67. The van der Waals surface area contributed by atoms with Crippen LogP contribution in [0.25, 0.3) is 0 Å². The van der Waals surface area contributed by atoms with Crippen molar-refractivity contribution >= 4 is 47.5 Å². The number of aromatic nitrogens is 2. The summed E-state index contributed by atoms with van der Waals surface area (Å²) in [6, 6.07) is 4.07. The molecule has 4 heterocycles. The Kier molecular flexibility index (Phi) is 8.49. The van der Waals surface area contributed by atoms with E-state index in [9.17, 15) is 4.79 Å². The lowest BCUT2D eigenvalue weighted by molar-refractivity contribution is 0.0762. The van der Waals surface area contributed by atoms with E-state index in [1.165, 1.54) is 11.8 Å². The zero-order valence-electron chi connectivity index (χ0n) is 23.0. The number of halogens is 1. The number of likely N-dealkylation sites (tertiary alicyclic amines) is 1. The van der Waals surface area contributed by atoms with Crippen molar-refractivity contribution in [3.05, 3.63) is 35.1 Å². The van der Waals surface area contributed by atoms with Crippen LogP contribution in [-0.2, 0) is 4.74 Å². The van der Waals surface area contributed by atoms with Gasteiger partial charge in [-0.25, -0.2) is 9.97 Å². The number of rotatable bonds is 7. The van der Waals surface area contributed by atoms with E-state index in [1.54, 1.807) is 23.4 Å². The van der Waals surface area contributed by atoms with Crippen LogP contribution in [0.5, 0.6) is 0 Å². The van der Waals surface area contributed by atoms with E-state index in [4.69, 9.17) is 22.1 Å². The van der Waals surface area contributed by atoms with Crippen molar-refractivity contribution < 1.29 is 9.53 Å². The highest BCUT2D eigenvalue weighted by Crippen LogP contribution is 2.42. The summed E-state index contributed by atoms with van der Waals surface area (Å²) >= 11 is 8.20. The number of carbonyl (C=O) groups excluding carboxylic acids is 1. The largest absolute Gasteiger partial charge is 0.376 e. The summed E-state index contributed by atoms with van der Waals surface area (Å²) in [7, 11) is 3.92. The van der Waals surface area contributed by atoms with E-state index in [2.05, 4.69) is 45.4 Å². The van der Waals surface area contributed by atoms with E-state index in [0.717, 1.165) is 62.6 Å². The smallest absolute Gasteiger partial charge is 0.257 e. The third-order valence-electron chi connectivity index (χ3n) is 8.73. The van der Waals surface area contributed by atoms with Gasteiger partial charge in [0.2, 0.25) is 0 Å². The SMILES string of the molecule is C=Nc1ccc(Sc2cnc(N3CCC4(CC3)CO[C@@H](C)[C@H]4N)cn2)c(Cl)c1C(=O)N(C)CC1CCCN1C. The summed E-state index contributed by atoms with van der Waals surface area (Å²) in [6.45, 7) is 9.91. The quantitative estimate of drug-likeness (QED) is 0.496. The molecule has 3 saturated heterocycles. The van der Waals surface area contributed by atoms with Crippen molar-refractivity contribution in [1.82, 2.24) is 19.8 Å². The lowest BCUT2D eigenvalue weighted by Gasteiger charge is -2.41. The second kappa shape index (κ2) is 11.7. The Bertz CT molecular complexity index is 1210. The normalized spacial score (nSPS) is 24.8. The fraction of sp³-hybridized carbons (Fsp3) is 0.571. The molecule has 210 valence electrons. The number of likely N-dealkylation sites (N-methyl/N-ethyl adjacent to an activating group) is 2. The maximum Gasteiger partial charge on any atom is 0.257 e. The Morgan fingerprint density at radius 3 is 2.67 bits per heavy atom. The van der Waals surface area contributed by atoms with Crippen LogP contribution < -0.4 is 10.6 Å². The average molecular weight is 572 g/mol. The predicted molar refractivity (Wildman–Crippen MR) is 157 cm³/mol. The highest BCUT2D eigenvalue weighted by atomic mass is 35.5. The highest BCUT2D eigenvalue weighted by Gasteiger charge is 2.47. The van der Waals surface area contributed by atoms with Gasteiger partial charge >= 0.3 is 0 Å². The molecule has 1 aromatic heterocycles. The minimum absolute atomic E-state index is 0.0680. The van der Waals surface area contributed by atoms with Crippen molar-refractivity contribution in [2.75, 3.05) is 51.8 Å². The first-order valence-corrected chi connectivity index (χ1v) is 14.8. The number of anilines is 1. The number of hydrogen-bond acceptors (Lipinski definition) is 9. The van der Waals surface area contributed by atoms with Crippen LogP contribution in [0.15, 0.2) is 39.4 Å². The standard InChI is InChI=1S/C28H38ClN7O2S/c1-18-26(30)28(17-38-18)9-12-36(13-10-28)22-14-33-23(15-32-22)39-21-8-7-20(31-2)24(25(21)29)27(37)35(4)16-19-6-5-11-34(19)3/h7-8,14-15,18-19,26H,2,5-6,9-13,16-17,30H2,1,3-4H3/t18-,19?,26+/m0/s1. The molecular formula is C28H38ClN7O2S. The molecule has 1 amide bonds. The number of amides is 1. The number of aliphatic imine (C=N–C) groups is 1. The first-order valence-electron chi connectivity index (χ1n) is 13.6. The number of hydrogen-bond donors (Lipinski definition) is 1. The van der Waals surface area contributed by atoms with Crippen LogP contribution in [0, 0.1) is 5.41 Å². The maximum atomic E-state index is 13.5. The molecule has 3 aliphatic rings. The van der Waals surface area contributed by atoms with Crippen molar-refractivity contribution in [1.29, 1.82) is 0 Å². The molecule has 1 aromatic carbocycles. The van der Waals surface area contributed by atoms with Gasteiger partial charge in [-0.3, -0.25) is 9.79 Å². The summed E-state index contributed by atoms with van der Waals surface area (Å²) in [6.07, 6.45) is 7.88. The summed E-state index contributed by atoms with van der Waals surface area (Å²) < 4.78 is 5.85. The topological polar surface area (TPSA) is 100 Å². The minimum atomic E-state index is -0.156. The van der Waals surface area contributed by atoms with E-state index in [1.807, 2.05) is 13.1 Å².